The number of urea groups is 1. The Morgan fingerprint density at radius 2 is 2.22 bits per heavy atom. The van der Waals surface area contributed by atoms with Gasteiger partial charge in [-0.2, -0.15) is 5.26 Å². The summed E-state index contributed by atoms with van der Waals surface area (Å²) in [6.07, 6.45) is 1.00. The number of aldehydes is 1. The number of hydrogen-bond acceptors (Lipinski definition) is 10. The van der Waals surface area contributed by atoms with Gasteiger partial charge in [0.05, 0.1) is 12.8 Å². The van der Waals surface area contributed by atoms with Crippen molar-refractivity contribution >= 4 is 24.0 Å². The molecule has 0 radical (unpaired) electrons. The van der Waals surface area contributed by atoms with E-state index in [1.165, 1.54) is 24.2 Å². The third-order valence-electron chi connectivity index (χ3n) is 5.75. The fourth-order valence-corrected chi connectivity index (χ4v) is 3.72. The number of piperazine rings is 1. The lowest BCUT2D eigenvalue weighted by Gasteiger charge is -2.37. The second-order valence-corrected chi connectivity index (χ2v) is 8.60. The number of likely N-dealkylation sites (N-methyl/N-ethyl adjacent to an activating group) is 1. The number of rotatable bonds is 9. The normalized spacial score (nSPS) is 17.2. The molecule has 2 atom stereocenters. The standard InChI is InChI=1S/C24H31N7O5/c1-16(15-35-4)36-20-9-21(26-11-18(20)10-25)28-24(34)30(3)22-6-5-17(19(14-32)27-22)12-31-8-7-29(2)13-23(31)33/h5-6,9,11,14,16,23,33H,7-8,12-13,15H2,1-4H3,(H,26,28,34)/t16-,23?/m1/s1. The van der Waals surface area contributed by atoms with Crippen molar-refractivity contribution in [3.8, 4) is 11.8 Å². The molecule has 2 N–H and O–H groups in total. The van der Waals surface area contributed by atoms with Crippen molar-refractivity contribution in [2.24, 2.45) is 0 Å². The third-order valence-corrected chi connectivity index (χ3v) is 5.75. The monoisotopic (exact) mass is 497 g/mol. The highest BCUT2D eigenvalue weighted by molar-refractivity contribution is 6.00. The molecule has 0 saturated carbocycles. The van der Waals surface area contributed by atoms with E-state index in [1.54, 1.807) is 26.2 Å². The quantitative estimate of drug-likeness (QED) is 0.487. The molecule has 1 unspecified atom stereocenters. The van der Waals surface area contributed by atoms with E-state index in [0.717, 1.165) is 6.54 Å². The lowest BCUT2D eigenvalue weighted by Crippen LogP contribution is -2.51. The van der Waals surface area contributed by atoms with Gasteiger partial charge < -0.3 is 19.5 Å². The molecule has 36 heavy (non-hydrogen) atoms. The number of aromatic nitrogens is 2. The summed E-state index contributed by atoms with van der Waals surface area (Å²) in [5.41, 5.74) is 1.08. The summed E-state index contributed by atoms with van der Waals surface area (Å²) in [4.78, 5) is 38.2. The maximum atomic E-state index is 12.9. The average Bonchev–Trinajstić information content (AvgIpc) is 2.85. The van der Waals surface area contributed by atoms with Gasteiger partial charge in [-0.1, -0.05) is 6.07 Å². The fourth-order valence-electron chi connectivity index (χ4n) is 3.72. The predicted molar refractivity (Wildman–Crippen MR) is 132 cm³/mol. The Morgan fingerprint density at radius 3 is 2.89 bits per heavy atom. The number of nitrogens with one attached hydrogen (secondary N) is 1. The van der Waals surface area contributed by atoms with Crippen molar-refractivity contribution in [3.63, 3.8) is 0 Å². The summed E-state index contributed by atoms with van der Waals surface area (Å²) >= 11 is 0. The molecule has 2 aromatic rings. The number of nitrogens with zero attached hydrogens (tertiary/aromatic N) is 6. The molecule has 2 aromatic heterocycles. The van der Waals surface area contributed by atoms with Crippen molar-refractivity contribution in [1.29, 1.82) is 5.26 Å². The van der Waals surface area contributed by atoms with Crippen LogP contribution in [0.5, 0.6) is 5.75 Å². The summed E-state index contributed by atoms with van der Waals surface area (Å²) in [7, 11) is 5.00. The average molecular weight is 498 g/mol. The summed E-state index contributed by atoms with van der Waals surface area (Å²) in [5.74, 6) is 0.713. The largest absolute Gasteiger partial charge is 0.487 e. The van der Waals surface area contributed by atoms with Gasteiger partial charge in [0.2, 0.25) is 0 Å². The van der Waals surface area contributed by atoms with Crippen molar-refractivity contribution in [1.82, 2.24) is 19.8 Å². The molecule has 0 bridgehead atoms. The zero-order chi connectivity index (χ0) is 26.2. The van der Waals surface area contributed by atoms with Gasteiger partial charge >= 0.3 is 6.03 Å². The van der Waals surface area contributed by atoms with Crippen LogP contribution in [0.2, 0.25) is 0 Å². The number of β-amino-alcohol motifs (C(OH)–C–C–N with tert-alkyl or cyclic N) is 1. The van der Waals surface area contributed by atoms with Crippen molar-refractivity contribution in [2.75, 3.05) is 57.7 Å². The van der Waals surface area contributed by atoms with Gasteiger partial charge in [0.1, 0.15) is 47.0 Å². The van der Waals surface area contributed by atoms with Crippen LogP contribution in [0.1, 0.15) is 28.5 Å². The molecule has 192 valence electrons. The summed E-state index contributed by atoms with van der Waals surface area (Å²) in [6.45, 7) is 4.47. The van der Waals surface area contributed by atoms with Crippen LogP contribution >= 0.6 is 0 Å². The highest BCUT2D eigenvalue weighted by atomic mass is 16.5. The van der Waals surface area contributed by atoms with E-state index in [-0.39, 0.29) is 34.7 Å². The number of aliphatic hydroxyl groups excluding tert-OH is 1. The molecule has 3 heterocycles. The SMILES string of the molecule is COC[C@@H](C)Oc1cc(NC(=O)N(C)c2ccc(CN3CCN(C)CC3O)c(C=O)n2)ncc1C#N. The number of pyridine rings is 2. The van der Waals surface area contributed by atoms with Crippen LogP contribution in [0.3, 0.4) is 0 Å². The van der Waals surface area contributed by atoms with Crippen LogP contribution < -0.4 is 15.0 Å². The summed E-state index contributed by atoms with van der Waals surface area (Å²) < 4.78 is 10.8. The van der Waals surface area contributed by atoms with Gasteiger partial charge in [0, 0.05) is 46.4 Å². The molecule has 1 aliphatic rings. The van der Waals surface area contributed by atoms with E-state index in [9.17, 15) is 20.0 Å². The number of nitriles is 1. The lowest BCUT2D eigenvalue weighted by molar-refractivity contribution is -0.0538. The van der Waals surface area contributed by atoms with E-state index in [0.29, 0.717) is 38.1 Å². The number of ether oxygens (including phenoxy) is 2. The Labute approximate surface area is 210 Å². The molecule has 1 fully saturated rings. The first-order valence-electron chi connectivity index (χ1n) is 11.4. The molecule has 0 aromatic carbocycles. The molecular formula is C24H31N7O5. The Kier molecular flexibility index (Phi) is 9.26. The van der Waals surface area contributed by atoms with E-state index in [4.69, 9.17) is 9.47 Å². The Balaban J connectivity index is 1.71. The van der Waals surface area contributed by atoms with Gasteiger partial charge in [-0.25, -0.2) is 14.8 Å². The van der Waals surface area contributed by atoms with Crippen molar-refractivity contribution in [2.45, 2.75) is 25.8 Å². The van der Waals surface area contributed by atoms with E-state index >= 15 is 0 Å². The Hall–Kier alpha value is -3.63. The first-order valence-corrected chi connectivity index (χ1v) is 11.4. The maximum Gasteiger partial charge on any atom is 0.328 e. The molecule has 0 aliphatic carbocycles. The van der Waals surface area contributed by atoms with E-state index < -0.39 is 12.3 Å². The molecule has 12 nitrogen and oxygen atoms in total. The van der Waals surface area contributed by atoms with Gasteiger partial charge in [-0.15, -0.1) is 0 Å². The van der Waals surface area contributed by atoms with Crippen LogP contribution in [-0.4, -0.2) is 97.0 Å². The second kappa shape index (κ2) is 12.4. The van der Waals surface area contributed by atoms with Crippen molar-refractivity contribution < 1.29 is 24.2 Å². The van der Waals surface area contributed by atoms with Gasteiger partial charge in [-0.3, -0.25) is 19.9 Å². The number of amides is 2. The van der Waals surface area contributed by atoms with Crippen LogP contribution in [0.15, 0.2) is 24.4 Å². The first-order chi connectivity index (χ1) is 17.2. The minimum atomic E-state index is -0.636. The topological polar surface area (TPSA) is 144 Å². The minimum Gasteiger partial charge on any atom is -0.487 e. The maximum absolute atomic E-state index is 12.9. The second-order valence-electron chi connectivity index (χ2n) is 8.60. The fraction of sp³-hybridized carbons (Fsp3) is 0.458. The smallest absolute Gasteiger partial charge is 0.328 e. The zero-order valence-corrected chi connectivity index (χ0v) is 20.8. The van der Waals surface area contributed by atoms with Gasteiger partial charge in [0.15, 0.2) is 6.29 Å². The number of carbonyl (C=O) groups excluding carboxylic acids is 2. The Bertz CT molecular complexity index is 1120. The zero-order valence-electron chi connectivity index (χ0n) is 20.8. The summed E-state index contributed by atoms with van der Waals surface area (Å²) in [5, 5.41) is 22.3. The number of aliphatic hydroxyl groups is 1. The molecule has 1 aliphatic heterocycles. The van der Waals surface area contributed by atoms with Crippen molar-refractivity contribution in [3.05, 3.63) is 41.2 Å². The number of anilines is 2. The number of carbonyl (C=O) groups is 2. The minimum absolute atomic E-state index is 0.182. The molecule has 2 amide bonds. The highest BCUT2D eigenvalue weighted by Crippen LogP contribution is 2.23. The predicted octanol–water partition coefficient (Wildman–Crippen LogP) is 1.31. The Morgan fingerprint density at radius 1 is 1.44 bits per heavy atom. The van der Waals surface area contributed by atoms with Crippen LogP contribution in [0, 0.1) is 11.3 Å². The van der Waals surface area contributed by atoms with Crippen LogP contribution in [0.25, 0.3) is 0 Å². The van der Waals surface area contributed by atoms with E-state index in [2.05, 4.69) is 15.3 Å². The summed E-state index contributed by atoms with van der Waals surface area (Å²) in [6, 6.07) is 6.29. The lowest BCUT2D eigenvalue weighted by atomic mass is 10.1. The van der Waals surface area contributed by atoms with Gasteiger partial charge in [0.25, 0.3) is 0 Å². The molecule has 0 spiro atoms. The third kappa shape index (κ3) is 6.73. The molecule has 1 saturated heterocycles. The van der Waals surface area contributed by atoms with Crippen LogP contribution in [0.4, 0.5) is 16.4 Å². The van der Waals surface area contributed by atoms with Gasteiger partial charge in [-0.05, 0) is 25.6 Å². The number of hydrogen-bond donors (Lipinski definition) is 2. The van der Waals surface area contributed by atoms with E-state index in [1.807, 2.05) is 22.9 Å². The first kappa shape index (κ1) is 27.0. The molecular weight excluding hydrogens is 466 g/mol. The highest BCUT2D eigenvalue weighted by Gasteiger charge is 2.24. The molecule has 3 rings (SSSR count). The number of methoxy groups -OCH3 is 1. The molecule has 12 heteroatoms. The van der Waals surface area contributed by atoms with Crippen LogP contribution in [-0.2, 0) is 11.3 Å².